The molecule has 0 bridgehead atoms. The normalized spacial score (nSPS) is 20.4. The lowest BCUT2D eigenvalue weighted by Gasteiger charge is -2.17. The smallest absolute Gasteiger partial charge is 0.235 e. The quantitative estimate of drug-likeness (QED) is 0.881. The van der Waals surface area contributed by atoms with Crippen molar-refractivity contribution in [3.63, 3.8) is 0 Å². The number of hydrogen-bond acceptors (Lipinski definition) is 3. The van der Waals surface area contributed by atoms with Gasteiger partial charge in [0.15, 0.2) is 0 Å². The molecular formula is C12H19N3OS. The summed E-state index contributed by atoms with van der Waals surface area (Å²) >= 11 is 1.70. The average Bonchev–Trinajstić information content (AvgIpc) is 2.55. The van der Waals surface area contributed by atoms with Crippen LogP contribution in [0.5, 0.6) is 0 Å². The minimum absolute atomic E-state index is 0.0711. The molecule has 0 unspecified atom stereocenters. The van der Waals surface area contributed by atoms with Crippen LogP contribution >= 0.6 is 11.8 Å². The van der Waals surface area contributed by atoms with E-state index >= 15 is 0 Å². The minimum atomic E-state index is 0.0711. The fraction of sp³-hybridized carbons (Fsp3) is 0.667. The van der Waals surface area contributed by atoms with Crippen molar-refractivity contribution in [2.45, 2.75) is 39.0 Å². The van der Waals surface area contributed by atoms with Crippen LogP contribution in [0.3, 0.4) is 0 Å². The highest BCUT2D eigenvalue weighted by atomic mass is 32.2. The Morgan fingerprint density at radius 3 is 2.76 bits per heavy atom. The summed E-state index contributed by atoms with van der Waals surface area (Å²) in [6.45, 7) is 8.51. The van der Waals surface area contributed by atoms with Crippen LogP contribution in [0.1, 0.15) is 44.6 Å². The maximum atomic E-state index is 11.7. The maximum absolute atomic E-state index is 11.7. The maximum Gasteiger partial charge on any atom is 0.235 e. The van der Waals surface area contributed by atoms with E-state index in [9.17, 15) is 4.79 Å². The third kappa shape index (κ3) is 2.34. The SMILES string of the molecule is CC(C)[C@H]1SCC(=O)Nc2c1cnn2C(C)C. The summed E-state index contributed by atoms with van der Waals surface area (Å²) in [6.07, 6.45) is 1.90. The number of nitrogens with zero attached hydrogens (tertiary/aromatic N) is 2. The van der Waals surface area contributed by atoms with Crippen molar-refractivity contribution in [1.82, 2.24) is 9.78 Å². The molecule has 0 aromatic carbocycles. The molecule has 0 aliphatic carbocycles. The summed E-state index contributed by atoms with van der Waals surface area (Å²) in [5, 5.41) is 7.72. The predicted molar refractivity (Wildman–Crippen MR) is 71.3 cm³/mol. The third-order valence-electron chi connectivity index (χ3n) is 2.88. The van der Waals surface area contributed by atoms with Gasteiger partial charge in [-0.1, -0.05) is 13.8 Å². The van der Waals surface area contributed by atoms with E-state index in [0.717, 1.165) is 11.4 Å². The van der Waals surface area contributed by atoms with Crippen LogP contribution in [0, 0.1) is 5.92 Å². The highest BCUT2D eigenvalue weighted by Gasteiger charge is 2.28. The van der Waals surface area contributed by atoms with Crippen molar-refractivity contribution in [2.24, 2.45) is 5.92 Å². The molecule has 1 aliphatic heterocycles. The number of fused-ring (bicyclic) bond motifs is 1. The minimum Gasteiger partial charge on any atom is -0.310 e. The molecule has 2 heterocycles. The molecule has 0 fully saturated rings. The zero-order valence-electron chi connectivity index (χ0n) is 10.7. The van der Waals surface area contributed by atoms with Gasteiger partial charge in [-0.3, -0.25) is 4.79 Å². The molecule has 1 aromatic rings. The van der Waals surface area contributed by atoms with E-state index in [-0.39, 0.29) is 11.9 Å². The highest BCUT2D eigenvalue weighted by molar-refractivity contribution is 8.00. The fourth-order valence-electron chi connectivity index (χ4n) is 2.08. The van der Waals surface area contributed by atoms with E-state index < -0.39 is 0 Å². The third-order valence-corrected chi connectivity index (χ3v) is 4.46. The van der Waals surface area contributed by atoms with Crippen molar-refractivity contribution < 1.29 is 4.79 Å². The van der Waals surface area contributed by atoms with E-state index in [1.165, 1.54) is 0 Å². The Labute approximate surface area is 106 Å². The molecule has 1 aliphatic rings. The predicted octanol–water partition coefficient (Wildman–Crippen LogP) is 2.85. The number of anilines is 1. The zero-order valence-corrected chi connectivity index (χ0v) is 11.5. The first-order valence-electron chi connectivity index (χ1n) is 5.99. The lowest BCUT2D eigenvalue weighted by atomic mass is 10.0. The largest absolute Gasteiger partial charge is 0.310 e. The lowest BCUT2D eigenvalue weighted by Crippen LogP contribution is -2.17. The number of thioether (sulfide) groups is 1. The molecule has 0 radical (unpaired) electrons. The van der Waals surface area contributed by atoms with Crippen molar-refractivity contribution in [3.05, 3.63) is 11.8 Å². The van der Waals surface area contributed by atoms with Crippen LogP contribution < -0.4 is 5.32 Å². The van der Waals surface area contributed by atoms with Gasteiger partial charge < -0.3 is 5.32 Å². The number of nitrogens with one attached hydrogen (secondary N) is 1. The molecule has 17 heavy (non-hydrogen) atoms. The van der Waals surface area contributed by atoms with Crippen molar-refractivity contribution in [1.29, 1.82) is 0 Å². The molecule has 0 spiro atoms. The van der Waals surface area contributed by atoms with Gasteiger partial charge in [0.25, 0.3) is 0 Å². The molecule has 1 N–H and O–H groups in total. The molecule has 1 amide bonds. The van der Waals surface area contributed by atoms with E-state index in [1.54, 1.807) is 11.8 Å². The molecule has 1 atom stereocenters. The molecular weight excluding hydrogens is 234 g/mol. The number of rotatable bonds is 2. The van der Waals surface area contributed by atoms with Crippen molar-refractivity contribution in [3.8, 4) is 0 Å². The Hall–Kier alpha value is -0.970. The summed E-state index contributed by atoms with van der Waals surface area (Å²) in [5.74, 6) is 1.97. The van der Waals surface area contributed by atoms with Gasteiger partial charge in [-0.2, -0.15) is 5.10 Å². The second-order valence-corrected chi connectivity index (χ2v) is 6.14. The zero-order chi connectivity index (χ0) is 12.6. The molecule has 5 heteroatoms. The lowest BCUT2D eigenvalue weighted by molar-refractivity contribution is -0.113. The molecule has 2 rings (SSSR count). The summed E-state index contributed by atoms with van der Waals surface area (Å²) in [5.41, 5.74) is 1.16. The number of carbonyl (C=O) groups excluding carboxylic acids is 1. The van der Waals surface area contributed by atoms with Gasteiger partial charge in [0, 0.05) is 16.9 Å². The van der Waals surface area contributed by atoms with Crippen LogP contribution in [0.2, 0.25) is 0 Å². The van der Waals surface area contributed by atoms with Crippen molar-refractivity contribution in [2.75, 3.05) is 11.1 Å². The van der Waals surface area contributed by atoms with Crippen LogP contribution in [0.15, 0.2) is 6.20 Å². The van der Waals surface area contributed by atoms with Crippen LogP contribution in [0.25, 0.3) is 0 Å². The van der Waals surface area contributed by atoms with E-state index in [0.29, 0.717) is 16.9 Å². The topological polar surface area (TPSA) is 46.9 Å². The van der Waals surface area contributed by atoms with E-state index in [1.807, 2.05) is 10.9 Å². The van der Waals surface area contributed by atoms with Gasteiger partial charge in [-0.25, -0.2) is 4.68 Å². The Morgan fingerprint density at radius 1 is 1.47 bits per heavy atom. The average molecular weight is 253 g/mol. The van der Waals surface area contributed by atoms with Gasteiger partial charge in [-0.15, -0.1) is 11.8 Å². The number of aromatic nitrogens is 2. The Bertz CT molecular complexity index is 425. The van der Waals surface area contributed by atoms with E-state index in [2.05, 4.69) is 38.1 Å². The molecule has 0 saturated carbocycles. The van der Waals surface area contributed by atoms with Crippen LogP contribution in [0.4, 0.5) is 5.82 Å². The van der Waals surface area contributed by atoms with Gasteiger partial charge in [-0.05, 0) is 19.8 Å². The van der Waals surface area contributed by atoms with Gasteiger partial charge in [0.2, 0.25) is 5.91 Å². The molecule has 1 aromatic heterocycles. The van der Waals surface area contributed by atoms with Gasteiger partial charge >= 0.3 is 0 Å². The number of hydrogen-bond donors (Lipinski definition) is 1. The highest BCUT2D eigenvalue weighted by Crippen LogP contribution is 2.41. The van der Waals surface area contributed by atoms with Crippen LogP contribution in [-0.2, 0) is 4.79 Å². The fourth-order valence-corrected chi connectivity index (χ4v) is 3.22. The van der Waals surface area contributed by atoms with Gasteiger partial charge in [0.1, 0.15) is 5.82 Å². The first kappa shape index (κ1) is 12.5. The second kappa shape index (κ2) is 4.72. The standard InChI is InChI=1S/C12H19N3OS/c1-7(2)11-9-5-13-15(8(3)4)12(9)14-10(16)6-17-11/h5,7-8,11H,6H2,1-4H3,(H,14,16)/t11-/m1/s1. The van der Waals surface area contributed by atoms with Crippen molar-refractivity contribution >= 4 is 23.5 Å². The van der Waals surface area contributed by atoms with Gasteiger partial charge in [0.05, 0.1) is 11.9 Å². The summed E-state index contributed by atoms with van der Waals surface area (Å²) in [4.78, 5) is 11.7. The first-order valence-corrected chi connectivity index (χ1v) is 7.04. The van der Waals surface area contributed by atoms with E-state index in [4.69, 9.17) is 0 Å². The molecule has 94 valence electrons. The first-order chi connectivity index (χ1) is 8.00. The molecule has 4 nitrogen and oxygen atoms in total. The monoisotopic (exact) mass is 253 g/mol. The Balaban J connectivity index is 2.46. The number of amides is 1. The Morgan fingerprint density at radius 2 is 2.18 bits per heavy atom. The number of carbonyl (C=O) groups is 1. The summed E-state index contributed by atoms with van der Waals surface area (Å²) in [7, 11) is 0. The second-order valence-electron chi connectivity index (χ2n) is 5.01. The Kier molecular flexibility index (Phi) is 3.47. The molecule has 0 saturated heterocycles. The van der Waals surface area contributed by atoms with Crippen LogP contribution in [-0.4, -0.2) is 21.4 Å². The summed E-state index contributed by atoms with van der Waals surface area (Å²) < 4.78 is 1.90. The summed E-state index contributed by atoms with van der Waals surface area (Å²) in [6, 6.07) is 0.259.